The van der Waals surface area contributed by atoms with Gasteiger partial charge in [-0.05, 0) is 74.7 Å². The van der Waals surface area contributed by atoms with E-state index in [4.69, 9.17) is 4.74 Å². The van der Waals surface area contributed by atoms with Gasteiger partial charge in [0, 0.05) is 4.91 Å². The average Bonchev–Trinajstić information content (AvgIpc) is 2.90. The van der Waals surface area contributed by atoms with Gasteiger partial charge in [-0.1, -0.05) is 90.1 Å². The molecule has 0 N–H and O–H groups in total. The molecule has 0 spiro atoms. The van der Waals surface area contributed by atoms with Crippen LogP contribution in [0.1, 0.15) is 35.1 Å². The summed E-state index contributed by atoms with van der Waals surface area (Å²) in [5.74, 6) is 0.382. The third kappa shape index (κ3) is 4.34. The van der Waals surface area contributed by atoms with Crippen molar-refractivity contribution >= 4 is 21.5 Å². The molecule has 0 radical (unpaired) electrons. The molecule has 4 aromatic rings. The van der Waals surface area contributed by atoms with Crippen LogP contribution in [0, 0.1) is 0 Å². The third-order valence-electron chi connectivity index (χ3n) is 6.44. The molecule has 2 aliphatic rings. The number of allylic oxidation sites excluding steroid dienone is 2. The molecule has 0 fully saturated rings. The fourth-order valence-electron chi connectivity index (χ4n) is 4.96. The van der Waals surface area contributed by atoms with E-state index in [1.165, 1.54) is 38.2 Å². The number of azide groups is 1. The van der Waals surface area contributed by atoms with Crippen LogP contribution >= 0.6 is 0 Å². The van der Waals surface area contributed by atoms with Gasteiger partial charge in [0.1, 0.15) is 6.61 Å². The number of benzene rings is 4. The molecule has 6 rings (SSSR count). The Morgan fingerprint density at radius 3 is 2.36 bits per heavy atom. The fourth-order valence-corrected chi connectivity index (χ4v) is 4.96. The summed E-state index contributed by atoms with van der Waals surface area (Å²) in [7, 11) is 0. The van der Waals surface area contributed by atoms with Crippen molar-refractivity contribution in [3.8, 4) is 0 Å². The first-order chi connectivity index (χ1) is 16.3. The smallest absolute Gasteiger partial charge is 0.106 e. The van der Waals surface area contributed by atoms with Gasteiger partial charge >= 0.3 is 0 Å². The molecule has 1 aliphatic heterocycles. The minimum Gasteiger partial charge on any atom is -0.497 e. The van der Waals surface area contributed by atoms with Gasteiger partial charge in [0.05, 0.1) is 12.3 Å². The van der Waals surface area contributed by atoms with Crippen LogP contribution in [-0.4, -0.2) is 6.61 Å². The monoisotopic (exact) mass is 431 g/mol. The lowest BCUT2D eigenvalue weighted by atomic mass is 9.76. The number of nitrogens with zero attached hydrogens (tertiary/aromatic N) is 3. The van der Waals surface area contributed by atoms with E-state index in [2.05, 4.69) is 82.8 Å². The van der Waals surface area contributed by atoms with E-state index in [0.29, 0.717) is 5.92 Å². The molecular formula is C29H25N3O. The average molecular weight is 432 g/mol. The molecule has 0 saturated heterocycles. The van der Waals surface area contributed by atoms with Gasteiger partial charge in [-0.25, -0.2) is 0 Å². The van der Waals surface area contributed by atoms with Gasteiger partial charge in [-0.15, -0.1) is 0 Å². The topological polar surface area (TPSA) is 58.0 Å². The second kappa shape index (κ2) is 9.64. The van der Waals surface area contributed by atoms with E-state index in [9.17, 15) is 5.53 Å². The predicted octanol–water partition coefficient (Wildman–Crippen LogP) is 8.16. The quantitative estimate of drug-likeness (QED) is 0.137. The van der Waals surface area contributed by atoms with Crippen molar-refractivity contribution in [2.75, 3.05) is 6.61 Å². The van der Waals surface area contributed by atoms with Gasteiger partial charge in [-0.3, -0.25) is 0 Å². The minimum atomic E-state index is -0.131. The molecule has 4 nitrogen and oxygen atoms in total. The summed E-state index contributed by atoms with van der Waals surface area (Å²) >= 11 is 0. The fraction of sp³-hybridized carbons (Fsp3) is 0.172. The first-order valence-corrected chi connectivity index (χ1v) is 11.3. The van der Waals surface area contributed by atoms with Crippen LogP contribution in [0.2, 0.25) is 0 Å². The Bertz CT molecular complexity index is 1370. The Hall–Kier alpha value is -4.01. The maximum Gasteiger partial charge on any atom is 0.106 e. The van der Waals surface area contributed by atoms with Gasteiger partial charge in [0.2, 0.25) is 0 Å². The van der Waals surface area contributed by atoms with Crippen LogP contribution in [0.4, 0.5) is 0 Å². The predicted molar refractivity (Wildman–Crippen MR) is 135 cm³/mol. The van der Waals surface area contributed by atoms with Crippen LogP contribution < -0.4 is 0 Å². The highest BCUT2D eigenvalue weighted by molar-refractivity contribution is 6.08. The number of hydrogen-bond donors (Lipinski definition) is 0. The maximum absolute atomic E-state index is 9.20. The van der Waals surface area contributed by atoms with E-state index in [1.54, 1.807) is 6.26 Å². The van der Waals surface area contributed by atoms with Crippen LogP contribution in [0.15, 0.2) is 108 Å². The molecule has 1 heterocycles. The van der Waals surface area contributed by atoms with Gasteiger partial charge < -0.3 is 4.74 Å². The van der Waals surface area contributed by atoms with E-state index in [1.807, 2.05) is 24.3 Å². The van der Waals surface area contributed by atoms with Crippen molar-refractivity contribution in [3.05, 3.63) is 130 Å². The van der Waals surface area contributed by atoms with Gasteiger partial charge in [-0.2, -0.15) is 0 Å². The minimum absolute atomic E-state index is 0.131. The normalized spacial score (nSPS) is 18.5. The summed E-state index contributed by atoms with van der Waals surface area (Å²) in [5, 5.41) is 9.16. The lowest BCUT2D eigenvalue weighted by Crippen LogP contribution is -2.16. The van der Waals surface area contributed by atoms with E-state index in [-0.39, 0.29) is 6.04 Å². The van der Waals surface area contributed by atoms with Crippen LogP contribution in [0.5, 0.6) is 0 Å². The molecular weight excluding hydrogens is 406 g/mol. The summed E-state index contributed by atoms with van der Waals surface area (Å²) in [6.07, 6.45) is 9.31. The molecule has 33 heavy (non-hydrogen) atoms. The molecule has 4 heteroatoms. The zero-order chi connectivity index (χ0) is 22.5. The SMILES string of the molecule is C1=CCOC=C1.[N-]=[N+]=N[C@H]1C[C@H](c2ccccc2)Cc2ccc3c(ccc4ccccc43)c21. The van der Waals surface area contributed by atoms with Crippen molar-refractivity contribution < 1.29 is 4.74 Å². The largest absolute Gasteiger partial charge is 0.497 e. The lowest BCUT2D eigenvalue weighted by Gasteiger charge is -2.31. The number of hydrogen-bond acceptors (Lipinski definition) is 2. The summed E-state index contributed by atoms with van der Waals surface area (Å²) in [6, 6.07) is 27.7. The van der Waals surface area contributed by atoms with E-state index in [0.717, 1.165) is 19.4 Å². The summed E-state index contributed by atoms with van der Waals surface area (Å²) in [5.41, 5.74) is 13.0. The van der Waals surface area contributed by atoms with E-state index >= 15 is 0 Å². The first-order valence-electron chi connectivity index (χ1n) is 11.3. The molecule has 0 amide bonds. The number of rotatable bonds is 2. The highest BCUT2D eigenvalue weighted by atomic mass is 16.5. The Kier molecular flexibility index (Phi) is 6.10. The first kappa shape index (κ1) is 20.9. The number of ether oxygens (including phenoxy) is 1. The van der Waals surface area contributed by atoms with Gasteiger partial charge in [0.15, 0.2) is 0 Å². The van der Waals surface area contributed by atoms with Crippen LogP contribution in [-0.2, 0) is 11.2 Å². The van der Waals surface area contributed by atoms with Crippen LogP contribution in [0.3, 0.4) is 0 Å². The summed E-state index contributed by atoms with van der Waals surface area (Å²) in [4.78, 5) is 3.18. The standard InChI is InChI=1S/C24H19N3.C5H6O/c25-27-26-23-15-19(16-6-2-1-3-7-16)14-18-11-12-21-20-9-5-4-8-17(20)10-13-22(21)24(18)23;1-2-4-6-5-3-1/h1-13,19,23H,14-15H2;1-4H,5H2/t19-,23+;/m1./s1. The second-order valence-corrected chi connectivity index (χ2v) is 8.38. The van der Waals surface area contributed by atoms with Crippen molar-refractivity contribution in [3.63, 3.8) is 0 Å². The molecule has 0 aromatic heterocycles. The lowest BCUT2D eigenvalue weighted by molar-refractivity contribution is 0.286. The highest BCUT2D eigenvalue weighted by Gasteiger charge is 2.29. The molecule has 0 saturated carbocycles. The second-order valence-electron chi connectivity index (χ2n) is 8.38. The van der Waals surface area contributed by atoms with Gasteiger partial charge in [0.25, 0.3) is 0 Å². The van der Waals surface area contributed by atoms with Crippen molar-refractivity contribution in [1.29, 1.82) is 0 Å². The van der Waals surface area contributed by atoms with Crippen molar-refractivity contribution in [2.45, 2.75) is 24.8 Å². The molecule has 2 atom stereocenters. The zero-order valence-electron chi connectivity index (χ0n) is 18.3. The zero-order valence-corrected chi connectivity index (χ0v) is 18.3. The summed E-state index contributed by atoms with van der Waals surface area (Å²) < 4.78 is 4.80. The Balaban J connectivity index is 0.000000332. The Morgan fingerprint density at radius 2 is 1.64 bits per heavy atom. The van der Waals surface area contributed by atoms with Crippen molar-refractivity contribution in [2.24, 2.45) is 5.11 Å². The Labute approximate surface area is 193 Å². The van der Waals surface area contributed by atoms with Crippen molar-refractivity contribution in [1.82, 2.24) is 0 Å². The number of fused-ring (bicyclic) bond motifs is 5. The molecule has 1 aliphatic carbocycles. The maximum atomic E-state index is 9.20. The van der Waals surface area contributed by atoms with Crippen LogP contribution in [0.25, 0.3) is 32.0 Å². The Morgan fingerprint density at radius 1 is 0.818 bits per heavy atom. The summed E-state index contributed by atoms with van der Waals surface area (Å²) in [6.45, 7) is 0.733. The highest BCUT2D eigenvalue weighted by Crippen LogP contribution is 2.44. The molecule has 162 valence electrons. The molecule has 4 aromatic carbocycles. The van der Waals surface area contributed by atoms with E-state index < -0.39 is 0 Å². The molecule has 0 bridgehead atoms. The molecule has 0 unspecified atom stereocenters. The third-order valence-corrected chi connectivity index (χ3v) is 6.44.